The third-order valence-electron chi connectivity index (χ3n) is 5.14. The Morgan fingerprint density at radius 2 is 1.53 bits per heavy atom. The van der Waals surface area contributed by atoms with Crippen molar-refractivity contribution >= 4 is 27.5 Å². The van der Waals surface area contributed by atoms with Crippen LogP contribution in [0.25, 0.3) is 17.1 Å². The van der Waals surface area contributed by atoms with Crippen molar-refractivity contribution in [3.63, 3.8) is 0 Å². The van der Waals surface area contributed by atoms with E-state index < -0.39 is 5.91 Å². The summed E-state index contributed by atoms with van der Waals surface area (Å²) in [6.07, 6.45) is 0. The smallest absolute Gasteiger partial charge is 0.295 e. The maximum atomic E-state index is 13.5. The van der Waals surface area contributed by atoms with Gasteiger partial charge in [-0.3, -0.25) is 4.79 Å². The molecule has 0 aliphatic rings. The average Bonchev–Trinajstić information content (AvgIpc) is 3.34. The number of carbonyl (C=O) groups excluding carboxylic acids is 1. The zero-order chi connectivity index (χ0) is 25.1. The number of nitrogens with zero attached hydrogens (tertiary/aromatic N) is 3. The molecule has 5 rings (SSSR count). The Kier molecular flexibility index (Phi) is 6.55. The summed E-state index contributed by atoms with van der Waals surface area (Å²) in [6, 6.07) is 25.7. The van der Waals surface area contributed by atoms with Gasteiger partial charge in [-0.1, -0.05) is 30.3 Å². The Labute approximate surface area is 213 Å². The molecule has 1 N–H and O–H groups in total. The highest BCUT2D eigenvalue weighted by molar-refractivity contribution is 9.10. The molecule has 178 valence electrons. The fourth-order valence-electron chi connectivity index (χ4n) is 3.42. The van der Waals surface area contributed by atoms with Gasteiger partial charge >= 0.3 is 0 Å². The zero-order valence-corrected chi connectivity index (χ0v) is 20.1. The van der Waals surface area contributed by atoms with Crippen LogP contribution in [-0.2, 0) is 0 Å². The molecule has 0 fully saturated rings. The Morgan fingerprint density at radius 1 is 0.861 bits per heavy atom. The molecule has 0 atom stereocenters. The number of anilines is 1. The molecule has 4 aromatic carbocycles. The first kappa shape index (κ1) is 23.4. The lowest BCUT2D eigenvalue weighted by molar-refractivity contribution is 0.101. The Morgan fingerprint density at radius 3 is 2.19 bits per heavy atom. The largest absolute Gasteiger partial charge is 0.456 e. The molecule has 6 nitrogen and oxygen atoms in total. The molecule has 0 saturated heterocycles. The van der Waals surface area contributed by atoms with Crippen LogP contribution in [-0.4, -0.2) is 20.7 Å². The Balaban J connectivity index is 1.40. The van der Waals surface area contributed by atoms with Crippen molar-refractivity contribution in [1.29, 1.82) is 0 Å². The maximum Gasteiger partial charge on any atom is 0.295 e. The second-order valence-corrected chi connectivity index (χ2v) is 8.52. The highest BCUT2D eigenvalue weighted by Crippen LogP contribution is 2.32. The lowest BCUT2D eigenvalue weighted by atomic mass is 10.2. The van der Waals surface area contributed by atoms with E-state index in [2.05, 4.69) is 31.3 Å². The van der Waals surface area contributed by atoms with E-state index >= 15 is 0 Å². The molecular weight excluding hydrogens is 530 g/mol. The standard InChI is InChI=1S/C27H17BrF2N4O2/c28-23-16-20(10-15-24(23)36-22-13-8-19(30)9-14-22)31-27(35)25-32-26(17-4-2-1-3-5-17)34(33-25)21-11-6-18(29)7-12-21/h1-16H,(H,31,35). The summed E-state index contributed by atoms with van der Waals surface area (Å²) in [7, 11) is 0. The Bertz CT molecular complexity index is 1520. The molecule has 36 heavy (non-hydrogen) atoms. The van der Waals surface area contributed by atoms with E-state index in [9.17, 15) is 13.6 Å². The van der Waals surface area contributed by atoms with Crippen LogP contribution >= 0.6 is 15.9 Å². The topological polar surface area (TPSA) is 69.0 Å². The average molecular weight is 547 g/mol. The number of hydrogen-bond donors (Lipinski definition) is 1. The second-order valence-electron chi connectivity index (χ2n) is 7.67. The number of benzene rings is 4. The predicted molar refractivity (Wildman–Crippen MR) is 135 cm³/mol. The van der Waals surface area contributed by atoms with E-state index in [0.29, 0.717) is 33.2 Å². The van der Waals surface area contributed by atoms with E-state index in [0.717, 1.165) is 5.56 Å². The normalized spacial score (nSPS) is 10.8. The van der Waals surface area contributed by atoms with E-state index in [1.165, 1.54) is 41.1 Å². The quantitative estimate of drug-likeness (QED) is 0.248. The van der Waals surface area contributed by atoms with Gasteiger partial charge in [-0.25, -0.2) is 18.4 Å². The lowest BCUT2D eigenvalue weighted by Crippen LogP contribution is -2.14. The highest BCUT2D eigenvalue weighted by atomic mass is 79.9. The lowest BCUT2D eigenvalue weighted by Gasteiger charge is -2.10. The first-order valence-corrected chi connectivity index (χ1v) is 11.6. The minimum absolute atomic E-state index is 0.0547. The number of ether oxygens (including phenoxy) is 1. The monoisotopic (exact) mass is 546 g/mol. The van der Waals surface area contributed by atoms with Crippen LogP contribution in [0.2, 0.25) is 0 Å². The van der Waals surface area contributed by atoms with Crippen molar-refractivity contribution in [3.8, 4) is 28.6 Å². The van der Waals surface area contributed by atoms with Gasteiger partial charge in [0.25, 0.3) is 5.91 Å². The number of nitrogens with one attached hydrogen (secondary N) is 1. The molecule has 0 bridgehead atoms. The number of carbonyl (C=O) groups is 1. The molecule has 0 unspecified atom stereocenters. The summed E-state index contributed by atoms with van der Waals surface area (Å²) in [5, 5.41) is 7.17. The molecule has 0 aliphatic carbocycles. The minimum Gasteiger partial charge on any atom is -0.456 e. The molecule has 0 radical (unpaired) electrons. The van der Waals surface area contributed by atoms with Gasteiger partial charge in [0.05, 0.1) is 10.2 Å². The fraction of sp³-hybridized carbons (Fsp3) is 0. The van der Waals surface area contributed by atoms with Gasteiger partial charge in [0.1, 0.15) is 23.1 Å². The highest BCUT2D eigenvalue weighted by Gasteiger charge is 2.19. The number of halogens is 3. The summed E-state index contributed by atoms with van der Waals surface area (Å²) < 4.78 is 34.4. The number of hydrogen-bond acceptors (Lipinski definition) is 4. The first-order valence-electron chi connectivity index (χ1n) is 10.8. The van der Waals surface area contributed by atoms with Crippen molar-refractivity contribution in [1.82, 2.24) is 14.8 Å². The van der Waals surface area contributed by atoms with E-state index in [1.807, 2.05) is 30.3 Å². The molecule has 1 aromatic heterocycles. The van der Waals surface area contributed by atoms with Crippen molar-refractivity contribution in [2.45, 2.75) is 0 Å². The van der Waals surface area contributed by atoms with Crippen LogP contribution in [0.5, 0.6) is 11.5 Å². The fourth-order valence-corrected chi connectivity index (χ4v) is 3.88. The Hall–Kier alpha value is -4.37. The number of amides is 1. The van der Waals surface area contributed by atoms with Crippen LogP contribution < -0.4 is 10.1 Å². The maximum absolute atomic E-state index is 13.5. The third-order valence-corrected chi connectivity index (χ3v) is 5.76. The van der Waals surface area contributed by atoms with Crippen LogP contribution in [0.3, 0.4) is 0 Å². The van der Waals surface area contributed by atoms with E-state index in [-0.39, 0.29) is 17.5 Å². The van der Waals surface area contributed by atoms with E-state index in [4.69, 9.17) is 4.74 Å². The van der Waals surface area contributed by atoms with Crippen LogP contribution in [0.1, 0.15) is 10.6 Å². The third kappa shape index (κ3) is 5.16. The van der Waals surface area contributed by atoms with Gasteiger partial charge in [-0.2, -0.15) is 0 Å². The van der Waals surface area contributed by atoms with Gasteiger partial charge in [0, 0.05) is 11.3 Å². The summed E-state index contributed by atoms with van der Waals surface area (Å²) in [5.74, 6) is 0.0908. The second kappa shape index (κ2) is 10.1. The summed E-state index contributed by atoms with van der Waals surface area (Å²) >= 11 is 3.43. The molecule has 0 spiro atoms. The SMILES string of the molecule is O=C(Nc1ccc(Oc2ccc(F)cc2)c(Br)c1)c1nc(-c2ccccc2)n(-c2ccc(F)cc2)n1. The van der Waals surface area contributed by atoms with Crippen molar-refractivity contribution in [2.75, 3.05) is 5.32 Å². The first-order chi connectivity index (χ1) is 17.5. The minimum atomic E-state index is -0.521. The van der Waals surface area contributed by atoms with Gasteiger partial charge in [-0.05, 0) is 82.7 Å². The zero-order valence-electron chi connectivity index (χ0n) is 18.5. The van der Waals surface area contributed by atoms with Gasteiger partial charge < -0.3 is 10.1 Å². The summed E-state index contributed by atoms with van der Waals surface area (Å²) in [6.45, 7) is 0. The van der Waals surface area contributed by atoms with Gasteiger partial charge in [0.15, 0.2) is 5.82 Å². The molecular formula is C27H17BrF2N4O2. The molecule has 0 aliphatic heterocycles. The van der Waals surface area contributed by atoms with Crippen LogP contribution in [0.15, 0.2) is 102 Å². The van der Waals surface area contributed by atoms with Crippen LogP contribution in [0, 0.1) is 11.6 Å². The van der Waals surface area contributed by atoms with Gasteiger partial charge in [0.2, 0.25) is 5.82 Å². The van der Waals surface area contributed by atoms with E-state index in [1.54, 1.807) is 30.3 Å². The molecule has 1 amide bonds. The summed E-state index contributed by atoms with van der Waals surface area (Å²) in [4.78, 5) is 17.5. The molecule has 5 aromatic rings. The van der Waals surface area contributed by atoms with Crippen molar-refractivity contribution < 1.29 is 18.3 Å². The van der Waals surface area contributed by atoms with Crippen LogP contribution in [0.4, 0.5) is 14.5 Å². The number of rotatable bonds is 6. The molecule has 0 saturated carbocycles. The molecule has 9 heteroatoms. The predicted octanol–water partition coefficient (Wildman–Crippen LogP) is 7.02. The number of aromatic nitrogens is 3. The molecule has 1 heterocycles. The van der Waals surface area contributed by atoms with Gasteiger partial charge in [-0.15, -0.1) is 5.10 Å². The van der Waals surface area contributed by atoms with Crippen molar-refractivity contribution in [3.05, 3.63) is 119 Å². The summed E-state index contributed by atoms with van der Waals surface area (Å²) in [5.41, 5.74) is 1.79. The van der Waals surface area contributed by atoms with Crippen molar-refractivity contribution in [2.24, 2.45) is 0 Å².